The number of halogens is 1. The fraction of sp³-hybridized carbons (Fsp3) is 0.368. The third-order valence-corrected chi connectivity index (χ3v) is 5.20. The van der Waals surface area contributed by atoms with Gasteiger partial charge in [-0.1, -0.05) is 41.9 Å². The van der Waals surface area contributed by atoms with Crippen molar-refractivity contribution >= 4 is 23.0 Å². The molecule has 0 aromatic heterocycles. The Morgan fingerprint density at radius 2 is 1.83 bits per heavy atom. The molecule has 2 aromatic carbocycles. The smallest absolute Gasteiger partial charge is 0.0607 e. The van der Waals surface area contributed by atoms with Crippen LogP contribution in [0.4, 0.5) is 11.4 Å². The Morgan fingerprint density at radius 3 is 2.61 bits per heavy atom. The van der Waals surface area contributed by atoms with Crippen LogP contribution in [0.5, 0.6) is 0 Å². The second-order valence-electron chi connectivity index (χ2n) is 6.66. The van der Waals surface area contributed by atoms with Crippen molar-refractivity contribution in [3.8, 4) is 0 Å². The number of rotatable bonds is 2. The predicted octanol–water partition coefficient (Wildman–Crippen LogP) is 3.89. The largest absolute Gasteiger partial charge is 0.376 e. The minimum Gasteiger partial charge on any atom is -0.376 e. The van der Waals surface area contributed by atoms with E-state index in [0.29, 0.717) is 0 Å². The Balaban J connectivity index is 1.69. The Labute approximate surface area is 142 Å². The number of hydrogen-bond acceptors (Lipinski definition) is 3. The molecule has 0 saturated carbocycles. The highest BCUT2D eigenvalue weighted by Gasteiger charge is 2.38. The van der Waals surface area contributed by atoms with Crippen LogP contribution in [0, 0.1) is 0 Å². The lowest BCUT2D eigenvalue weighted by Crippen LogP contribution is -2.57. The van der Waals surface area contributed by atoms with Gasteiger partial charge in [0.1, 0.15) is 0 Å². The first kappa shape index (κ1) is 14.9. The highest BCUT2D eigenvalue weighted by molar-refractivity contribution is 6.31. The minimum absolute atomic E-state index is 0.151. The SMILES string of the molecule is Clc1ccc2c(c1)NC1(CCNCC1)CN2Cc1ccccc1. The number of nitrogens with zero attached hydrogens (tertiary/aromatic N) is 1. The van der Waals surface area contributed by atoms with Crippen molar-refractivity contribution in [2.24, 2.45) is 0 Å². The van der Waals surface area contributed by atoms with Crippen LogP contribution in [0.25, 0.3) is 0 Å². The summed E-state index contributed by atoms with van der Waals surface area (Å²) in [6, 6.07) is 16.9. The first-order valence-corrected chi connectivity index (χ1v) is 8.69. The molecular formula is C19H22ClN3. The van der Waals surface area contributed by atoms with Crippen molar-refractivity contribution in [2.75, 3.05) is 29.9 Å². The number of hydrogen-bond donors (Lipinski definition) is 2. The highest BCUT2D eigenvalue weighted by Crippen LogP contribution is 2.40. The normalized spacial score (nSPS) is 19.3. The highest BCUT2D eigenvalue weighted by atomic mass is 35.5. The van der Waals surface area contributed by atoms with Gasteiger partial charge in [-0.2, -0.15) is 0 Å². The summed E-state index contributed by atoms with van der Waals surface area (Å²) < 4.78 is 0. The predicted molar refractivity (Wildman–Crippen MR) is 97.4 cm³/mol. The van der Waals surface area contributed by atoms with Crippen LogP contribution in [0.3, 0.4) is 0 Å². The zero-order valence-corrected chi connectivity index (χ0v) is 13.9. The van der Waals surface area contributed by atoms with E-state index in [2.05, 4.69) is 58.0 Å². The van der Waals surface area contributed by atoms with Gasteiger partial charge in [0.15, 0.2) is 0 Å². The van der Waals surface area contributed by atoms with Gasteiger partial charge in [-0.15, -0.1) is 0 Å². The molecular weight excluding hydrogens is 306 g/mol. The molecule has 0 amide bonds. The monoisotopic (exact) mass is 327 g/mol. The average molecular weight is 328 g/mol. The van der Waals surface area contributed by atoms with Crippen molar-refractivity contribution in [1.29, 1.82) is 0 Å². The van der Waals surface area contributed by atoms with Crippen LogP contribution in [0.2, 0.25) is 5.02 Å². The van der Waals surface area contributed by atoms with E-state index in [1.807, 2.05) is 6.07 Å². The van der Waals surface area contributed by atoms with E-state index in [1.54, 1.807) is 0 Å². The number of nitrogens with one attached hydrogen (secondary N) is 2. The lowest BCUT2D eigenvalue weighted by Gasteiger charge is -2.48. The Kier molecular flexibility index (Phi) is 3.92. The van der Waals surface area contributed by atoms with Gasteiger partial charge < -0.3 is 15.5 Å². The minimum atomic E-state index is 0.151. The van der Waals surface area contributed by atoms with Crippen LogP contribution < -0.4 is 15.5 Å². The fourth-order valence-electron chi connectivity index (χ4n) is 3.79. The van der Waals surface area contributed by atoms with Gasteiger partial charge in [0.05, 0.1) is 16.9 Å². The summed E-state index contributed by atoms with van der Waals surface area (Å²) in [6.07, 6.45) is 2.29. The van der Waals surface area contributed by atoms with Crippen molar-refractivity contribution < 1.29 is 0 Å². The molecule has 2 aliphatic heterocycles. The van der Waals surface area contributed by atoms with Gasteiger partial charge in [-0.3, -0.25) is 0 Å². The molecule has 4 heteroatoms. The third-order valence-electron chi connectivity index (χ3n) is 4.97. The zero-order chi connectivity index (χ0) is 15.7. The molecule has 120 valence electrons. The lowest BCUT2D eigenvalue weighted by atomic mass is 9.85. The van der Waals surface area contributed by atoms with E-state index < -0.39 is 0 Å². The van der Waals surface area contributed by atoms with Gasteiger partial charge in [-0.05, 0) is 49.7 Å². The molecule has 0 radical (unpaired) electrons. The molecule has 0 atom stereocenters. The molecule has 3 nitrogen and oxygen atoms in total. The molecule has 0 bridgehead atoms. The molecule has 2 heterocycles. The summed E-state index contributed by atoms with van der Waals surface area (Å²) in [4.78, 5) is 2.50. The summed E-state index contributed by atoms with van der Waals surface area (Å²) in [5.74, 6) is 0. The van der Waals surface area contributed by atoms with E-state index in [4.69, 9.17) is 11.6 Å². The number of benzene rings is 2. The maximum atomic E-state index is 6.24. The molecule has 23 heavy (non-hydrogen) atoms. The Hall–Kier alpha value is -1.71. The lowest BCUT2D eigenvalue weighted by molar-refractivity contribution is 0.332. The Morgan fingerprint density at radius 1 is 1.04 bits per heavy atom. The summed E-state index contributed by atoms with van der Waals surface area (Å²) in [5.41, 5.74) is 3.92. The van der Waals surface area contributed by atoms with Gasteiger partial charge >= 0.3 is 0 Å². The summed E-state index contributed by atoms with van der Waals surface area (Å²) in [6.45, 7) is 4.12. The molecule has 1 spiro atoms. The van der Waals surface area contributed by atoms with E-state index in [1.165, 1.54) is 16.9 Å². The average Bonchev–Trinajstić information content (AvgIpc) is 2.56. The molecule has 2 aliphatic rings. The van der Waals surface area contributed by atoms with E-state index >= 15 is 0 Å². The van der Waals surface area contributed by atoms with Gasteiger partial charge in [-0.25, -0.2) is 0 Å². The van der Waals surface area contributed by atoms with Crippen LogP contribution in [0.15, 0.2) is 48.5 Å². The molecule has 4 rings (SSSR count). The molecule has 1 fully saturated rings. The van der Waals surface area contributed by atoms with Crippen LogP contribution in [-0.4, -0.2) is 25.2 Å². The fourth-order valence-corrected chi connectivity index (χ4v) is 3.97. The van der Waals surface area contributed by atoms with Gasteiger partial charge in [0.2, 0.25) is 0 Å². The first-order valence-electron chi connectivity index (χ1n) is 8.32. The van der Waals surface area contributed by atoms with Crippen LogP contribution in [-0.2, 0) is 6.54 Å². The summed E-state index contributed by atoms with van der Waals surface area (Å²) in [5, 5.41) is 8.07. The summed E-state index contributed by atoms with van der Waals surface area (Å²) in [7, 11) is 0. The molecule has 0 aliphatic carbocycles. The Bertz CT molecular complexity index is 680. The number of piperidine rings is 1. The maximum Gasteiger partial charge on any atom is 0.0607 e. The third kappa shape index (κ3) is 3.04. The van der Waals surface area contributed by atoms with Crippen molar-refractivity contribution in [3.63, 3.8) is 0 Å². The van der Waals surface area contributed by atoms with Crippen LogP contribution >= 0.6 is 11.6 Å². The van der Waals surface area contributed by atoms with E-state index in [9.17, 15) is 0 Å². The zero-order valence-electron chi connectivity index (χ0n) is 13.2. The van der Waals surface area contributed by atoms with Crippen molar-refractivity contribution in [3.05, 3.63) is 59.1 Å². The van der Waals surface area contributed by atoms with Gasteiger partial charge in [0, 0.05) is 18.1 Å². The summed E-state index contributed by atoms with van der Waals surface area (Å²) >= 11 is 6.24. The second-order valence-corrected chi connectivity index (χ2v) is 7.09. The topological polar surface area (TPSA) is 27.3 Å². The quantitative estimate of drug-likeness (QED) is 0.876. The van der Waals surface area contributed by atoms with Gasteiger partial charge in [0.25, 0.3) is 0 Å². The molecule has 2 N–H and O–H groups in total. The van der Waals surface area contributed by atoms with E-state index in [0.717, 1.165) is 44.0 Å². The molecule has 2 aromatic rings. The molecule has 0 unspecified atom stereocenters. The maximum absolute atomic E-state index is 6.24. The number of fused-ring (bicyclic) bond motifs is 1. The van der Waals surface area contributed by atoms with E-state index in [-0.39, 0.29) is 5.54 Å². The van der Waals surface area contributed by atoms with Crippen molar-refractivity contribution in [1.82, 2.24) is 5.32 Å². The first-order chi connectivity index (χ1) is 11.2. The van der Waals surface area contributed by atoms with Crippen molar-refractivity contribution in [2.45, 2.75) is 24.9 Å². The standard InChI is InChI=1S/C19H22ClN3/c20-16-6-7-18-17(12-16)22-19(8-10-21-11-9-19)14-23(18)13-15-4-2-1-3-5-15/h1-7,12,21-22H,8-11,13-14H2. The van der Waals surface area contributed by atoms with Crippen LogP contribution in [0.1, 0.15) is 18.4 Å². The number of anilines is 2. The second kappa shape index (κ2) is 6.06. The molecule has 1 saturated heterocycles.